The Bertz CT molecular complexity index is 655. The van der Waals surface area contributed by atoms with E-state index in [4.69, 9.17) is 5.11 Å². The molecule has 0 radical (unpaired) electrons. The van der Waals surface area contributed by atoms with Crippen molar-refractivity contribution in [2.24, 2.45) is 17.3 Å². The first-order chi connectivity index (χ1) is 16.2. The molecule has 1 aliphatic rings. The van der Waals surface area contributed by atoms with Gasteiger partial charge in [0.15, 0.2) is 0 Å². The molecule has 2 amide bonds. The Morgan fingerprint density at radius 3 is 1.94 bits per heavy atom. The van der Waals surface area contributed by atoms with E-state index in [0.717, 1.165) is 43.7 Å². The molecule has 1 fully saturated rings. The molecule has 2 rings (SSSR count). The van der Waals surface area contributed by atoms with Crippen LogP contribution in [0.25, 0.3) is 0 Å². The van der Waals surface area contributed by atoms with Crippen LogP contribution in [-0.4, -0.2) is 35.6 Å². The smallest absolute Gasteiger partial charge is 0.407 e. The van der Waals surface area contributed by atoms with Crippen LogP contribution in [0, 0.1) is 17.3 Å². The van der Waals surface area contributed by atoms with Gasteiger partial charge in [0.2, 0.25) is 5.91 Å². The minimum atomic E-state index is -0.873. The van der Waals surface area contributed by atoms with Crippen LogP contribution in [0.15, 0.2) is 42.6 Å². The zero-order valence-corrected chi connectivity index (χ0v) is 24.7. The number of nitrogens with one attached hydrogen (secondary N) is 1. The molecule has 1 saturated heterocycles. The molecular weight excluding hydrogens is 436 g/mol. The van der Waals surface area contributed by atoms with E-state index in [-0.39, 0.29) is 11.8 Å². The third kappa shape index (κ3) is 29.7. The van der Waals surface area contributed by atoms with E-state index in [1.165, 1.54) is 17.5 Å². The summed E-state index contributed by atoms with van der Waals surface area (Å²) in [7, 11) is 1.53. The maximum absolute atomic E-state index is 12.0. The molecule has 1 aromatic carbocycles. The van der Waals surface area contributed by atoms with Crippen LogP contribution >= 0.6 is 0 Å². The molecule has 35 heavy (non-hydrogen) atoms. The highest BCUT2D eigenvalue weighted by Crippen LogP contribution is 2.20. The molecule has 5 nitrogen and oxygen atoms in total. The predicted octanol–water partition coefficient (Wildman–Crippen LogP) is 8.41. The van der Waals surface area contributed by atoms with Crippen LogP contribution in [0.5, 0.6) is 0 Å². The van der Waals surface area contributed by atoms with Crippen molar-refractivity contribution >= 4 is 12.0 Å². The third-order valence-corrected chi connectivity index (χ3v) is 4.08. The predicted molar refractivity (Wildman–Crippen MR) is 153 cm³/mol. The Kier molecular flexibility index (Phi) is 23.6. The lowest BCUT2D eigenvalue weighted by molar-refractivity contribution is -0.124. The van der Waals surface area contributed by atoms with Gasteiger partial charge in [0.05, 0.1) is 0 Å². The van der Waals surface area contributed by atoms with Crippen molar-refractivity contribution in [3.63, 3.8) is 0 Å². The fourth-order valence-corrected chi connectivity index (χ4v) is 2.43. The number of amides is 2. The number of hydrogen-bond donors (Lipinski definition) is 2. The number of carbonyl (C=O) groups is 2. The molecule has 0 aliphatic carbocycles. The first kappa shape index (κ1) is 37.3. The normalized spacial score (nSPS) is 15.0. The van der Waals surface area contributed by atoms with Gasteiger partial charge in [-0.05, 0) is 49.5 Å². The summed E-state index contributed by atoms with van der Waals surface area (Å²) in [5, 5.41) is 11.0. The molecule has 5 heteroatoms. The average Bonchev–Trinajstić information content (AvgIpc) is 2.75. The summed E-state index contributed by atoms with van der Waals surface area (Å²) in [6.07, 6.45) is 4.11. The standard InChI is InChI=1S/C15H19NO.C5H12.C4H9NO2.C4H10.C2H6/c1-12-7-5-6-10-14(15(17)16-12)11-13-8-3-2-4-9-13;1-5(2,3)4;1-3-5(2)4(6)7;1-4(2)3;1-2/h2-4,8-9,14H,1,5-7,10-11H2,(H,16,17);1-4H3;3H2,1-2H3,(H,6,7);4H,1-3H3;1-2H3. The van der Waals surface area contributed by atoms with E-state index < -0.39 is 6.09 Å². The third-order valence-electron chi connectivity index (χ3n) is 4.08. The van der Waals surface area contributed by atoms with E-state index in [1.807, 2.05) is 32.0 Å². The molecule has 204 valence electrons. The Morgan fingerprint density at radius 1 is 1.11 bits per heavy atom. The molecule has 0 saturated carbocycles. The molecule has 1 heterocycles. The van der Waals surface area contributed by atoms with Crippen LogP contribution in [0.3, 0.4) is 0 Å². The first-order valence-electron chi connectivity index (χ1n) is 13.1. The maximum Gasteiger partial charge on any atom is 0.407 e. The van der Waals surface area contributed by atoms with Gasteiger partial charge in [0, 0.05) is 25.2 Å². The Morgan fingerprint density at radius 2 is 1.57 bits per heavy atom. The Hall–Kier alpha value is -2.30. The van der Waals surface area contributed by atoms with E-state index in [0.29, 0.717) is 12.0 Å². The summed E-state index contributed by atoms with van der Waals surface area (Å²) in [4.78, 5) is 23.1. The average molecular weight is 493 g/mol. The monoisotopic (exact) mass is 492 g/mol. The van der Waals surface area contributed by atoms with Gasteiger partial charge in [-0.15, -0.1) is 0 Å². The lowest BCUT2D eigenvalue weighted by Crippen LogP contribution is -2.32. The highest BCUT2D eigenvalue weighted by molar-refractivity contribution is 5.80. The van der Waals surface area contributed by atoms with Crippen molar-refractivity contribution in [3.8, 4) is 0 Å². The van der Waals surface area contributed by atoms with E-state index in [1.54, 1.807) is 6.92 Å². The molecule has 0 bridgehead atoms. The summed E-state index contributed by atoms with van der Waals surface area (Å²) in [5.74, 6) is 1.06. The van der Waals surface area contributed by atoms with Gasteiger partial charge in [-0.2, -0.15) is 0 Å². The number of nitrogens with zero attached hydrogens (tertiary/aromatic N) is 1. The van der Waals surface area contributed by atoms with E-state index in [2.05, 4.69) is 72.5 Å². The number of carboxylic acid groups (broad SMARTS) is 1. The van der Waals surface area contributed by atoms with Crippen molar-refractivity contribution in [1.82, 2.24) is 10.2 Å². The highest BCUT2D eigenvalue weighted by Gasteiger charge is 2.20. The number of allylic oxidation sites excluding steroid dienone is 1. The van der Waals surface area contributed by atoms with Gasteiger partial charge >= 0.3 is 6.09 Å². The van der Waals surface area contributed by atoms with Gasteiger partial charge < -0.3 is 15.3 Å². The van der Waals surface area contributed by atoms with Crippen LogP contribution < -0.4 is 5.32 Å². The quantitative estimate of drug-likeness (QED) is 0.445. The van der Waals surface area contributed by atoms with Crippen molar-refractivity contribution in [1.29, 1.82) is 0 Å². The van der Waals surface area contributed by atoms with Gasteiger partial charge in [0.1, 0.15) is 0 Å². The summed E-state index contributed by atoms with van der Waals surface area (Å²) in [6, 6.07) is 10.2. The van der Waals surface area contributed by atoms with Crippen molar-refractivity contribution < 1.29 is 14.7 Å². The molecule has 0 spiro atoms. The second kappa shape index (κ2) is 22.2. The zero-order valence-electron chi connectivity index (χ0n) is 24.7. The van der Waals surface area contributed by atoms with Crippen molar-refractivity contribution in [2.45, 2.75) is 101 Å². The zero-order chi connectivity index (χ0) is 28.0. The van der Waals surface area contributed by atoms with Gasteiger partial charge in [-0.3, -0.25) is 4.79 Å². The van der Waals surface area contributed by atoms with Crippen molar-refractivity contribution in [3.05, 3.63) is 48.2 Å². The second-order valence-corrected chi connectivity index (χ2v) is 10.8. The van der Waals surface area contributed by atoms with E-state index >= 15 is 0 Å². The first-order valence-corrected chi connectivity index (χ1v) is 13.1. The highest BCUT2D eigenvalue weighted by atomic mass is 16.4. The van der Waals surface area contributed by atoms with E-state index in [9.17, 15) is 9.59 Å². The fourth-order valence-electron chi connectivity index (χ4n) is 2.43. The number of rotatable bonds is 3. The number of carbonyl (C=O) groups excluding carboxylic acids is 1. The van der Waals surface area contributed by atoms with Crippen molar-refractivity contribution in [2.75, 3.05) is 13.6 Å². The van der Waals surface area contributed by atoms with Crippen LogP contribution in [0.1, 0.15) is 100 Å². The number of benzene rings is 1. The van der Waals surface area contributed by atoms with Gasteiger partial charge in [-0.25, -0.2) is 4.79 Å². The SMILES string of the molecule is C=C1CCCCC(Cc2ccccc2)C(=O)N1.CC.CC(C)(C)C.CC(C)C.CCN(C)C(=O)O. The molecular formula is C30H56N2O3. The van der Waals surface area contributed by atoms with Crippen LogP contribution in [0.4, 0.5) is 4.79 Å². The molecule has 1 atom stereocenters. The lowest BCUT2D eigenvalue weighted by atomic mass is 9.91. The summed E-state index contributed by atoms with van der Waals surface area (Å²) < 4.78 is 0. The fraction of sp³-hybridized carbons (Fsp3) is 0.667. The Labute approximate surface area is 217 Å². The molecule has 2 N–H and O–H groups in total. The Balaban J connectivity index is -0.000000472. The second-order valence-electron chi connectivity index (χ2n) is 10.8. The molecule has 1 unspecified atom stereocenters. The molecule has 0 aromatic heterocycles. The largest absolute Gasteiger partial charge is 0.465 e. The van der Waals surface area contributed by atoms with Crippen LogP contribution in [-0.2, 0) is 11.2 Å². The minimum Gasteiger partial charge on any atom is -0.465 e. The number of hydrogen-bond acceptors (Lipinski definition) is 2. The maximum atomic E-state index is 12.0. The summed E-state index contributed by atoms with van der Waals surface area (Å²) in [5.41, 5.74) is 2.60. The van der Waals surface area contributed by atoms with Gasteiger partial charge in [0.25, 0.3) is 0 Å². The molecule has 1 aliphatic heterocycles. The summed E-state index contributed by atoms with van der Waals surface area (Å²) >= 11 is 0. The molecule has 1 aromatic rings. The van der Waals surface area contributed by atoms with Crippen LogP contribution in [0.2, 0.25) is 0 Å². The summed E-state index contributed by atoms with van der Waals surface area (Å²) in [6.45, 7) is 25.5. The lowest BCUT2D eigenvalue weighted by Gasteiger charge is -2.20. The minimum absolute atomic E-state index is 0.0921. The topological polar surface area (TPSA) is 69.6 Å². The van der Waals surface area contributed by atoms with Gasteiger partial charge in [-0.1, -0.05) is 106 Å².